The van der Waals surface area contributed by atoms with Gasteiger partial charge in [0.2, 0.25) is 0 Å². The van der Waals surface area contributed by atoms with E-state index in [2.05, 4.69) is 20.5 Å². The van der Waals surface area contributed by atoms with Crippen LogP contribution in [0, 0.1) is 0 Å². The molecule has 0 saturated carbocycles. The van der Waals surface area contributed by atoms with Crippen LogP contribution in [0.1, 0.15) is 48.7 Å². The smallest absolute Gasteiger partial charge is 0.317 e. The molecule has 3 amide bonds. The molecule has 2 heterocycles. The Balaban J connectivity index is 1.51. The van der Waals surface area contributed by atoms with Gasteiger partial charge in [-0.25, -0.2) is 4.79 Å². The van der Waals surface area contributed by atoms with Crippen LogP contribution in [-0.4, -0.2) is 72.7 Å². The lowest BCUT2D eigenvalue weighted by Gasteiger charge is -2.27. The summed E-state index contributed by atoms with van der Waals surface area (Å²) in [4.78, 5) is 33.8. The molecular formula is C26H38N6O3. The monoisotopic (exact) mass is 482 g/mol. The number of rotatable bonds is 12. The number of ether oxygens (including phenoxy) is 1. The molecule has 3 rings (SSSR count). The molecule has 35 heavy (non-hydrogen) atoms. The van der Waals surface area contributed by atoms with E-state index in [9.17, 15) is 9.59 Å². The van der Waals surface area contributed by atoms with E-state index in [1.165, 1.54) is 0 Å². The Morgan fingerprint density at radius 1 is 1.11 bits per heavy atom. The van der Waals surface area contributed by atoms with Crippen molar-refractivity contribution in [3.8, 4) is 0 Å². The van der Waals surface area contributed by atoms with E-state index in [0.29, 0.717) is 36.7 Å². The Hall–Kier alpha value is -3.17. The molecule has 1 aromatic carbocycles. The maximum atomic E-state index is 12.7. The largest absolute Gasteiger partial charge is 0.397 e. The van der Waals surface area contributed by atoms with Gasteiger partial charge in [0.15, 0.2) is 0 Å². The van der Waals surface area contributed by atoms with Gasteiger partial charge in [-0.1, -0.05) is 31.5 Å². The van der Waals surface area contributed by atoms with E-state index >= 15 is 0 Å². The van der Waals surface area contributed by atoms with Crippen molar-refractivity contribution in [3.63, 3.8) is 0 Å². The van der Waals surface area contributed by atoms with Gasteiger partial charge in [-0.15, -0.1) is 0 Å². The van der Waals surface area contributed by atoms with Crippen LogP contribution in [0.15, 0.2) is 42.6 Å². The second kappa shape index (κ2) is 14.3. The molecule has 1 saturated heterocycles. The van der Waals surface area contributed by atoms with Crippen LogP contribution in [-0.2, 0) is 11.3 Å². The molecule has 190 valence electrons. The van der Waals surface area contributed by atoms with Crippen molar-refractivity contribution in [3.05, 3.63) is 53.9 Å². The highest BCUT2D eigenvalue weighted by molar-refractivity contribution is 6.04. The number of unbranched alkanes of at least 4 members (excludes halogenated alkanes) is 2. The first-order valence-corrected chi connectivity index (χ1v) is 12.5. The molecule has 1 aliphatic heterocycles. The highest BCUT2D eigenvalue weighted by Gasteiger charge is 2.15. The Bertz CT molecular complexity index is 931. The first kappa shape index (κ1) is 26.4. The maximum Gasteiger partial charge on any atom is 0.317 e. The lowest BCUT2D eigenvalue weighted by Crippen LogP contribution is -2.40. The van der Waals surface area contributed by atoms with E-state index in [0.717, 1.165) is 64.1 Å². The molecule has 0 aliphatic carbocycles. The maximum absolute atomic E-state index is 12.7. The summed E-state index contributed by atoms with van der Waals surface area (Å²) in [5.41, 5.74) is 8.12. The molecule has 0 radical (unpaired) electrons. The summed E-state index contributed by atoms with van der Waals surface area (Å²) in [6, 6.07) is 10.5. The fraction of sp³-hybridized carbons (Fsp3) is 0.500. The van der Waals surface area contributed by atoms with E-state index in [-0.39, 0.29) is 11.9 Å². The second-order valence-corrected chi connectivity index (χ2v) is 8.76. The number of aromatic nitrogens is 1. The van der Waals surface area contributed by atoms with Crippen LogP contribution in [0.2, 0.25) is 0 Å². The number of hydrogen-bond acceptors (Lipinski definition) is 6. The third kappa shape index (κ3) is 8.84. The number of amides is 3. The number of para-hydroxylation sites is 2. The first-order valence-electron chi connectivity index (χ1n) is 12.5. The van der Waals surface area contributed by atoms with Gasteiger partial charge in [-0.3, -0.25) is 14.7 Å². The van der Waals surface area contributed by atoms with Gasteiger partial charge in [0.05, 0.1) is 24.6 Å². The number of urea groups is 1. The van der Waals surface area contributed by atoms with Gasteiger partial charge in [0.25, 0.3) is 5.91 Å². The minimum absolute atomic E-state index is 0.0681. The fourth-order valence-corrected chi connectivity index (χ4v) is 3.91. The summed E-state index contributed by atoms with van der Waals surface area (Å²) < 4.78 is 5.40. The predicted octanol–water partition coefficient (Wildman–Crippen LogP) is 3.34. The summed E-state index contributed by atoms with van der Waals surface area (Å²) in [6.45, 7) is 8.53. The number of nitrogen functional groups attached to an aromatic ring is 1. The molecular weight excluding hydrogens is 444 g/mol. The highest BCUT2D eigenvalue weighted by Crippen LogP contribution is 2.17. The van der Waals surface area contributed by atoms with Crippen molar-refractivity contribution in [2.75, 3.05) is 57.0 Å². The van der Waals surface area contributed by atoms with Gasteiger partial charge >= 0.3 is 6.03 Å². The minimum Gasteiger partial charge on any atom is -0.397 e. The number of nitrogens with two attached hydrogens (primary N) is 1. The summed E-state index contributed by atoms with van der Waals surface area (Å²) in [5.74, 6) is -0.327. The number of nitrogens with one attached hydrogen (secondary N) is 2. The average Bonchev–Trinajstić information content (AvgIpc) is 2.88. The van der Waals surface area contributed by atoms with E-state index in [1.54, 1.807) is 24.4 Å². The molecule has 0 spiro atoms. The molecule has 9 nitrogen and oxygen atoms in total. The summed E-state index contributed by atoms with van der Waals surface area (Å²) in [5, 5.41) is 5.76. The van der Waals surface area contributed by atoms with Crippen molar-refractivity contribution in [1.29, 1.82) is 0 Å². The Morgan fingerprint density at radius 2 is 1.91 bits per heavy atom. The first-order chi connectivity index (χ1) is 17.1. The zero-order chi connectivity index (χ0) is 24.9. The molecule has 1 fully saturated rings. The van der Waals surface area contributed by atoms with E-state index in [1.807, 2.05) is 30.0 Å². The lowest BCUT2D eigenvalue weighted by molar-refractivity contribution is 0.0371. The lowest BCUT2D eigenvalue weighted by atomic mass is 10.2. The van der Waals surface area contributed by atoms with Gasteiger partial charge in [0, 0.05) is 38.9 Å². The molecule has 0 bridgehead atoms. The minimum atomic E-state index is -0.327. The van der Waals surface area contributed by atoms with Crippen LogP contribution in [0.5, 0.6) is 0 Å². The zero-order valence-electron chi connectivity index (χ0n) is 20.7. The topological polar surface area (TPSA) is 113 Å². The molecule has 1 aliphatic rings. The Morgan fingerprint density at radius 3 is 2.63 bits per heavy atom. The van der Waals surface area contributed by atoms with Gasteiger partial charge < -0.3 is 26.0 Å². The van der Waals surface area contributed by atoms with Gasteiger partial charge in [-0.05, 0) is 49.6 Å². The molecule has 0 unspecified atom stereocenters. The van der Waals surface area contributed by atoms with Crippen molar-refractivity contribution < 1.29 is 14.3 Å². The predicted molar refractivity (Wildman–Crippen MR) is 138 cm³/mol. The number of pyridine rings is 1. The number of carbonyl (C=O) groups excluding carboxylic acids is 2. The summed E-state index contributed by atoms with van der Waals surface area (Å²) in [6.07, 6.45) is 5.66. The second-order valence-electron chi connectivity index (χ2n) is 8.76. The van der Waals surface area contributed by atoms with Gasteiger partial charge in [-0.2, -0.15) is 0 Å². The third-order valence-corrected chi connectivity index (χ3v) is 5.96. The normalized spacial score (nSPS) is 13.9. The van der Waals surface area contributed by atoms with Crippen LogP contribution in [0.4, 0.5) is 16.2 Å². The molecule has 1 aromatic heterocycles. The van der Waals surface area contributed by atoms with E-state index in [4.69, 9.17) is 10.5 Å². The van der Waals surface area contributed by atoms with Crippen molar-refractivity contribution in [2.24, 2.45) is 0 Å². The zero-order valence-corrected chi connectivity index (χ0v) is 20.7. The van der Waals surface area contributed by atoms with Crippen molar-refractivity contribution in [1.82, 2.24) is 20.1 Å². The number of nitrogens with zero attached hydrogens (tertiary/aromatic N) is 3. The summed E-state index contributed by atoms with van der Waals surface area (Å²) >= 11 is 0. The molecule has 0 atom stereocenters. The number of hydrogen-bond donors (Lipinski definition) is 3. The average molecular weight is 483 g/mol. The Kier molecular flexibility index (Phi) is 10.8. The van der Waals surface area contributed by atoms with Crippen molar-refractivity contribution in [2.45, 2.75) is 39.2 Å². The number of carbonyl (C=O) groups is 2. The highest BCUT2D eigenvalue weighted by atomic mass is 16.5. The van der Waals surface area contributed by atoms with Crippen LogP contribution < -0.4 is 16.4 Å². The Labute approximate surface area is 208 Å². The quantitative estimate of drug-likeness (QED) is 0.316. The van der Waals surface area contributed by atoms with E-state index < -0.39 is 0 Å². The third-order valence-electron chi connectivity index (χ3n) is 5.96. The van der Waals surface area contributed by atoms with Gasteiger partial charge in [0.1, 0.15) is 5.69 Å². The summed E-state index contributed by atoms with van der Waals surface area (Å²) in [7, 11) is 0. The van der Waals surface area contributed by atoms with Crippen LogP contribution in [0.25, 0.3) is 0 Å². The SMILES string of the molecule is CCCNC(=O)N(CCCCCN1CCOCC1)Cc1ccc(C(=O)Nc2ccccc2N)nc1. The standard InChI is InChI=1S/C26H38N6O3/c1-2-12-28-26(34)32(14-7-3-6-13-31-15-17-35-18-16-31)20-21-10-11-24(29-19-21)25(33)30-23-9-5-4-8-22(23)27/h4-5,8-11,19H,2-3,6-7,12-18,20,27H2,1H3,(H,28,34)(H,30,33). The van der Waals surface area contributed by atoms with Crippen LogP contribution >= 0.6 is 0 Å². The fourth-order valence-electron chi connectivity index (χ4n) is 3.91. The molecule has 9 heteroatoms. The molecule has 4 N–H and O–H groups in total. The number of morpholine rings is 1. The van der Waals surface area contributed by atoms with Crippen LogP contribution in [0.3, 0.4) is 0 Å². The van der Waals surface area contributed by atoms with Crippen molar-refractivity contribution >= 4 is 23.3 Å². The number of anilines is 2. The molecule has 2 aromatic rings. The number of benzene rings is 1.